The minimum absolute atomic E-state index is 0.706. The summed E-state index contributed by atoms with van der Waals surface area (Å²) in [6, 6.07) is 0. The van der Waals surface area contributed by atoms with Gasteiger partial charge in [-0.2, -0.15) is 0 Å². The molecule has 2 N–H and O–H groups in total. The molecule has 1 fully saturated rings. The van der Waals surface area contributed by atoms with Crippen LogP contribution in [0.4, 0.5) is 0 Å². The van der Waals surface area contributed by atoms with E-state index in [-0.39, 0.29) is 0 Å². The summed E-state index contributed by atoms with van der Waals surface area (Å²) in [5, 5.41) is 0. The summed E-state index contributed by atoms with van der Waals surface area (Å²) in [6.07, 6.45) is 5.26. The van der Waals surface area contributed by atoms with E-state index >= 15 is 0 Å². The third kappa shape index (κ3) is 4.92. The van der Waals surface area contributed by atoms with E-state index in [0.717, 1.165) is 45.0 Å². The number of hydrogen-bond donors (Lipinski definition) is 1. The van der Waals surface area contributed by atoms with Crippen molar-refractivity contribution in [1.29, 1.82) is 0 Å². The first-order chi connectivity index (χ1) is 8.17. The van der Waals surface area contributed by atoms with Gasteiger partial charge >= 0.3 is 0 Å². The molecule has 0 aromatic carbocycles. The van der Waals surface area contributed by atoms with Gasteiger partial charge in [-0.05, 0) is 44.4 Å². The van der Waals surface area contributed by atoms with Crippen molar-refractivity contribution in [3.63, 3.8) is 0 Å². The Kier molecular flexibility index (Phi) is 6.30. The standard InChI is InChI=1S/C14H26N2O/c1-4-5-6-14(12(2)3)17-8-7-16-10-13(9-15)11-16/h5-6,13H,4,7-11,15H2,1-3H3/b6-5-. The number of ether oxygens (including phenoxy) is 1. The van der Waals surface area contributed by atoms with E-state index in [4.69, 9.17) is 10.5 Å². The summed E-state index contributed by atoms with van der Waals surface area (Å²) in [5.41, 5.74) is 6.83. The van der Waals surface area contributed by atoms with Crippen molar-refractivity contribution in [2.45, 2.75) is 27.2 Å². The third-order valence-electron chi connectivity index (χ3n) is 3.03. The van der Waals surface area contributed by atoms with Crippen LogP contribution in [0.1, 0.15) is 27.2 Å². The number of allylic oxidation sites excluding steroid dienone is 3. The lowest BCUT2D eigenvalue weighted by atomic mass is 10.0. The van der Waals surface area contributed by atoms with Gasteiger partial charge in [-0.1, -0.05) is 13.0 Å². The molecule has 0 radical (unpaired) electrons. The van der Waals surface area contributed by atoms with Gasteiger partial charge < -0.3 is 10.5 Å². The topological polar surface area (TPSA) is 38.5 Å². The molecule has 3 heteroatoms. The van der Waals surface area contributed by atoms with Crippen molar-refractivity contribution in [1.82, 2.24) is 4.90 Å². The molecule has 1 aliphatic heterocycles. The van der Waals surface area contributed by atoms with Gasteiger partial charge in [0.15, 0.2) is 0 Å². The Balaban J connectivity index is 2.20. The molecule has 0 amide bonds. The second kappa shape index (κ2) is 7.51. The number of rotatable bonds is 7. The predicted octanol–water partition coefficient (Wildman–Crippen LogP) is 2.15. The largest absolute Gasteiger partial charge is 0.492 e. The summed E-state index contributed by atoms with van der Waals surface area (Å²) in [6.45, 7) is 11.2. The average molecular weight is 238 g/mol. The Hall–Kier alpha value is -0.800. The smallest absolute Gasteiger partial charge is 0.117 e. The molecule has 0 aromatic rings. The SMILES string of the molecule is CC/C=C\C(OCCN1CC(CN)C1)=C(C)C. The van der Waals surface area contributed by atoms with Crippen LogP contribution in [0.15, 0.2) is 23.5 Å². The van der Waals surface area contributed by atoms with Crippen LogP contribution in [-0.4, -0.2) is 37.7 Å². The molecule has 3 nitrogen and oxygen atoms in total. The van der Waals surface area contributed by atoms with Crippen molar-refractivity contribution in [3.05, 3.63) is 23.5 Å². The van der Waals surface area contributed by atoms with Gasteiger partial charge in [0.2, 0.25) is 0 Å². The zero-order chi connectivity index (χ0) is 12.7. The minimum atomic E-state index is 0.706. The molecule has 1 aliphatic rings. The highest BCUT2D eigenvalue weighted by molar-refractivity contribution is 5.17. The van der Waals surface area contributed by atoms with E-state index in [2.05, 4.69) is 37.8 Å². The quantitative estimate of drug-likeness (QED) is 0.545. The van der Waals surface area contributed by atoms with Crippen LogP contribution in [0, 0.1) is 5.92 Å². The molecule has 0 saturated carbocycles. The fourth-order valence-corrected chi connectivity index (χ4v) is 1.88. The zero-order valence-electron chi connectivity index (χ0n) is 11.4. The van der Waals surface area contributed by atoms with Crippen LogP contribution in [0.25, 0.3) is 0 Å². The van der Waals surface area contributed by atoms with Gasteiger partial charge in [0.05, 0.1) is 0 Å². The van der Waals surface area contributed by atoms with Crippen molar-refractivity contribution in [2.75, 3.05) is 32.8 Å². The number of nitrogens with zero attached hydrogens (tertiary/aromatic N) is 1. The Bertz CT molecular complexity index is 274. The molecule has 0 spiro atoms. The fourth-order valence-electron chi connectivity index (χ4n) is 1.88. The molecule has 1 heterocycles. The normalized spacial score (nSPS) is 17.2. The Morgan fingerprint density at radius 2 is 2.12 bits per heavy atom. The monoisotopic (exact) mass is 238 g/mol. The van der Waals surface area contributed by atoms with Crippen LogP contribution in [0.3, 0.4) is 0 Å². The van der Waals surface area contributed by atoms with Gasteiger partial charge in [-0.3, -0.25) is 4.90 Å². The molecule has 0 aliphatic carbocycles. The van der Waals surface area contributed by atoms with Crippen LogP contribution < -0.4 is 5.73 Å². The first-order valence-corrected chi connectivity index (χ1v) is 6.56. The molecule has 17 heavy (non-hydrogen) atoms. The van der Waals surface area contributed by atoms with Gasteiger partial charge in [-0.25, -0.2) is 0 Å². The molecule has 0 bridgehead atoms. The van der Waals surface area contributed by atoms with Crippen molar-refractivity contribution in [3.8, 4) is 0 Å². The zero-order valence-corrected chi connectivity index (χ0v) is 11.4. The minimum Gasteiger partial charge on any atom is -0.492 e. The average Bonchev–Trinajstić information content (AvgIpc) is 2.25. The maximum absolute atomic E-state index is 5.80. The third-order valence-corrected chi connectivity index (χ3v) is 3.03. The molecule has 98 valence electrons. The highest BCUT2D eigenvalue weighted by Gasteiger charge is 2.24. The second-order valence-corrected chi connectivity index (χ2v) is 4.88. The fraction of sp³-hybridized carbons (Fsp3) is 0.714. The maximum atomic E-state index is 5.80. The van der Waals surface area contributed by atoms with Crippen molar-refractivity contribution >= 4 is 0 Å². The molecule has 0 atom stereocenters. The number of nitrogens with two attached hydrogens (primary N) is 1. The number of hydrogen-bond acceptors (Lipinski definition) is 3. The highest BCUT2D eigenvalue weighted by atomic mass is 16.5. The van der Waals surface area contributed by atoms with E-state index in [1.54, 1.807) is 0 Å². The summed E-state index contributed by atoms with van der Waals surface area (Å²) in [4.78, 5) is 2.39. The lowest BCUT2D eigenvalue weighted by Gasteiger charge is -2.38. The lowest BCUT2D eigenvalue weighted by Crippen LogP contribution is -2.50. The molecular weight excluding hydrogens is 212 g/mol. The van der Waals surface area contributed by atoms with Gasteiger partial charge in [0, 0.05) is 19.6 Å². The molecule has 0 aromatic heterocycles. The maximum Gasteiger partial charge on any atom is 0.117 e. The van der Waals surface area contributed by atoms with Crippen LogP contribution in [-0.2, 0) is 4.74 Å². The first kappa shape index (κ1) is 14.3. The Morgan fingerprint density at radius 3 is 2.65 bits per heavy atom. The van der Waals surface area contributed by atoms with Crippen LogP contribution >= 0.6 is 0 Å². The van der Waals surface area contributed by atoms with Gasteiger partial charge in [0.25, 0.3) is 0 Å². The van der Waals surface area contributed by atoms with Gasteiger partial charge in [0.1, 0.15) is 12.4 Å². The molecule has 1 saturated heterocycles. The second-order valence-electron chi connectivity index (χ2n) is 4.88. The molecular formula is C14H26N2O. The molecule has 0 unspecified atom stereocenters. The van der Waals surface area contributed by atoms with E-state index in [1.807, 2.05) is 0 Å². The van der Waals surface area contributed by atoms with E-state index < -0.39 is 0 Å². The van der Waals surface area contributed by atoms with E-state index in [1.165, 1.54) is 5.57 Å². The summed E-state index contributed by atoms with van der Waals surface area (Å²) < 4.78 is 5.80. The van der Waals surface area contributed by atoms with Crippen molar-refractivity contribution in [2.24, 2.45) is 11.7 Å². The molecule has 1 rings (SSSR count). The van der Waals surface area contributed by atoms with E-state index in [0.29, 0.717) is 5.92 Å². The Labute approximate surface area is 105 Å². The van der Waals surface area contributed by atoms with Crippen LogP contribution in [0.2, 0.25) is 0 Å². The van der Waals surface area contributed by atoms with E-state index in [9.17, 15) is 0 Å². The summed E-state index contributed by atoms with van der Waals surface area (Å²) in [5.74, 6) is 1.72. The lowest BCUT2D eigenvalue weighted by molar-refractivity contribution is 0.0736. The summed E-state index contributed by atoms with van der Waals surface area (Å²) >= 11 is 0. The number of likely N-dealkylation sites (tertiary alicyclic amines) is 1. The van der Waals surface area contributed by atoms with Gasteiger partial charge in [-0.15, -0.1) is 0 Å². The van der Waals surface area contributed by atoms with Crippen molar-refractivity contribution < 1.29 is 4.74 Å². The summed E-state index contributed by atoms with van der Waals surface area (Å²) in [7, 11) is 0. The highest BCUT2D eigenvalue weighted by Crippen LogP contribution is 2.14. The predicted molar refractivity (Wildman–Crippen MR) is 72.7 cm³/mol. The van der Waals surface area contributed by atoms with Crippen LogP contribution in [0.5, 0.6) is 0 Å². The Morgan fingerprint density at radius 1 is 1.41 bits per heavy atom. The first-order valence-electron chi connectivity index (χ1n) is 6.56.